The molecule has 0 bridgehead atoms. The third-order valence-corrected chi connectivity index (χ3v) is 4.94. The zero-order valence-electron chi connectivity index (χ0n) is 18.7. The Bertz CT molecular complexity index is 879. The standard InChI is InChI=1S/C24H32N4O3/c1-5-19-7-9-20(10-8-19)17(3)25-23(30)15-28(6-2)16-24(31)27-22-13-11-21(12-14-22)26-18(4)29/h7-14,17H,5-6,15-16H2,1-4H3,(H,25,30)(H,26,29)(H,27,31)/t17-/m1/s1. The van der Waals surface area contributed by atoms with Gasteiger partial charge in [-0.3, -0.25) is 19.3 Å². The summed E-state index contributed by atoms with van der Waals surface area (Å²) >= 11 is 0. The molecule has 31 heavy (non-hydrogen) atoms. The lowest BCUT2D eigenvalue weighted by Gasteiger charge is -2.21. The highest BCUT2D eigenvalue weighted by Crippen LogP contribution is 2.15. The minimum atomic E-state index is -0.204. The highest BCUT2D eigenvalue weighted by Gasteiger charge is 2.15. The van der Waals surface area contributed by atoms with Gasteiger partial charge < -0.3 is 16.0 Å². The summed E-state index contributed by atoms with van der Waals surface area (Å²) < 4.78 is 0. The molecule has 0 spiro atoms. The van der Waals surface area contributed by atoms with Gasteiger partial charge >= 0.3 is 0 Å². The third kappa shape index (κ3) is 8.22. The number of nitrogens with zero attached hydrogens (tertiary/aromatic N) is 1. The van der Waals surface area contributed by atoms with Crippen LogP contribution in [0.15, 0.2) is 48.5 Å². The van der Waals surface area contributed by atoms with Gasteiger partial charge in [-0.05, 0) is 55.3 Å². The van der Waals surface area contributed by atoms with Gasteiger partial charge in [0.05, 0.1) is 19.1 Å². The molecule has 2 aromatic carbocycles. The Morgan fingerprint density at radius 3 is 1.90 bits per heavy atom. The molecule has 166 valence electrons. The first-order valence-electron chi connectivity index (χ1n) is 10.6. The Morgan fingerprint density at radius 2 is 1.39 bits per heavy atom. The number of nitrogens with one attached hydrogen (secondary N) is 3. The molecule has 3 N–H and O–H groups in total. The van der Waals surface area contributed by atoms with Gasteiger partial charge in [-0.1, -0.05) is 38.1 Å². The van der Waals surface area contributed by atoms with Crippen LogP contribution in [0.5, 0.6) is 0 Å². The lowest BCUT2D eigenvalue weighted by Crippen LogP contribution is -2.41. The maximum atomic E-state index is 12.5. The molecule has 0 fully saturated rings. The molecule has 0 aliphatic carbocycles. The predicted molar refractivity (Wildman–Crippen MR) is 124 cm³/mol. The summed E-state index contributed by atoms with van der Waals surface area (Å²) in [6.07, 6.45) is 0.980. The van der Waals surface area contributed by atoms with Crippen molar-refractivity contribution < 1.29 is 14.4 Å². The van der Waals surface area contributed by atoms with E-state index >= 15 is 0 Å². The minimum Gasteiger partial charge on any atom is -0.348 e. The largest absolute Gasteiger partial charge is 0.348 e. The summed E-state index contributed by atoms with van der Waals surface area (Å²) in [4.78, 5) is 37.7. The second-order valence-electron chi connectivity index (χ2n) is 7.49. The second-order valence-corrected chi connectivity index (χ2v) is 7.49. The Morgan fingerprint density at radius 1 is 0.839 bits per heavy atom. The van der Waals surface area contributed by atoms with E-state index in [1.165, 1.54) is 12.5 Å². The number of likely N-dealkylation sites (N-methyl/N-ethyl adjacent to an activating group) is 1. The molecule has 0 aliphatic rings. The quantitative estimate of drug-likeness (QED) is 0.546. The highest BCUT2D eigenvalue weighted by atomic mass is 16.2. The summed E-state index contributed by atoms with van der Waals surface area (Å²) in [5.41, 5.74) is 3.60. The molecule has 2 rings (SSSR count). The number of amides is 3. The van der Waals surface area contributed by atoms with Gasteiger partial charge in [-0.25, -0.2) is 0 Å². The van der Waals surface area contributed by atoms with Gasteiger partial charge in [0.15, 0.2) is 0 Å². The minimum absolute atomic E-state index is 0.104. The zero-order valence-corrected chi connectivity index (χ0v) is 18.7. The molecule has 0 aliphatic heterocycles. The number of hydrogen-bond donors (Lipinski definition) is 3. The van der Waals surface area contributed by atoms with Crippen molar-refractivity contribution >= 4 is 29.1 Å². The van der Waals surface area contributed by atoms with Gasteiger partial charge in [0.25, 0.3) is 0 Å². The average molecular weight is 425 g/mol. The topological polar surface area (TPSA) is 90.5 Å². The first-order valence-corrected chi connectivity index (χ1v) is 10.6. The van der Waals surface area contributed by atoms with Crippen molar-refractivity contribution in [3.05, 3.63) is 59.7 Å². The summed E-state index contributed by atoms with van der Waals surface area (Å²) in [5.74, 6) is -0.479. The maximum Gasteiger partial charge on any atom is 0.238 e. The van der Waals surface area contributed by atoms with E-state index in [-0.39, 0.29) is 36.9 Å². The van der Waals surface area contributed by atoms with Crippen molar-refractivity contribution in [2.45, 2.75) is 40.2 Å². The van der Waals surface area contributed by atoms with E-state index in [1.807, 2.05) is 26.0 Å². The molecule has 0 saturated carbocycles. The van der Waals surface area contributed by atoms with E-state index in [0.29, 0.717) is 17.9 Å². The Kier molecular flexibility index (Phi) is 9.21. The number of benzene rings is 2. The van der Waals surface area contributed by atoms with E-state index in [1.54, 1.807) is 29.2 Å². The Hall–Kier alpha value is -3.19. The normalized spacial score (nSPS) is 11.6. The monoisotopic (exact) mass is 424 g/mol. The fraction of sp³-hybridized carbons (Fsp3) is 0.375. The molecule has 0 unspecified atom stereocenters. The summed E-state index contributed by atoms with van der Waals surface area (Å²) in [6.45, 7) is 8.23. The van der Waals surface area contributed by atoms with Crippen LogP contribution < -0.4 is 16.0 Å². The molecule has 0 saturated heterocycles. The average Bonchev–Trinajstić information content (AvgIpc) is 2.74. The fourth-order valence-electron chi connectivity index (χ4n) is 3.14. The zero-order chi connectivity index (χ0) is 22.8. The van der Waals surface area contributed by atoms with Crippen molar-refractivity contribution in [1.82, 2.24) is 10.2 Å². The van der Waals surface area contributed by atoms with Crippen LogP contribution in [0.2, 0.25) is 0 Å². The van der Waals surface area contributed by atoms with E-state index in [9.17, 15) is 14.4 Å². The summed E-state index contributed by atoms with van der Waals surface area (Å²) in [7, 11) is 0. The maximum absolute atomic E-state index is 12.5. The van der Waals surface area contributed by atoms with Crippen molar-refractivity contribution in [1.29, 1.82) is 0 Å². The van der Waals surface area contributed by atoms with Crippen LogP contribution >= 0.6 is 0 Å². The van der Waals surface area contributed by atoms with Crippen molar-refractivity contribution in [3.63, 3.8) is 0 Å². The molecule has 3 amide bonds. The van der Waals surface area contributed by atoms with Crippen LogP contribution in [-0.2, 0) is 20.8 Å². The number of hydrogen-bond acceptors (Lipinski definition) is 4. The number of aryl methyl sites for hydroxylation is 1. The molecule has 1 atom stereocenters. The molecule has 0 aromatic heterocycles. The Labute approximate surface area is 184 Å². The summed E-state index contributed by atoms with van der Waals surface area (Å²) in [5, 5.41) is 8.49. The first kappa shape index (κ1) is 24.1. The molecule has 7 heteroatoms. The number of carbonyl (C=O) groups excluding carboxylic acids is 3. The smallest absolute Gasteiger partial charge is 0.238 e. The van der Waals surface area contributed by atoms with Gasteiger partial charge in [0.2, 0.25) is 17.7 Å². The molecular weight excluding hydrogens is 392 g/mol. The van der Waals surface area contributed by atoms with Crippen LogP contribution in [-0.4, -0.2) is 42.3 Å². The number of anilines is 2. The summed E-state index contributed by atoms with van der Waals surface area (Å²) in [6, 6.07) is 15.0. The van der Waals surface area contributed by atoms with Crippen molar-refractivity contribution in [2.24, 2.45) is 0 Å². The van der Waals surface area contributed by atoms with E-state index in [0.717, 1.165) is 12.0 Å². The molecule has 2 aromatic rings. The molecular formula is C24H32N4O3. The number of carbonyl (C=O) groups is 3. The second kappa shape index (κ2) is 11.9. The van der Waals surface area contributed by atoms with E-state index in [2.05, 4.69) is 35.0 Å². The van der Waals surface area contributed by atoms with Gasteiger partial charge in [-0.2, -0.15) is 0 Å². The lowest BCUT2D eigenvalue weighted by atomic mass is 10.1. The van der Waals surface area contributed by atoms with Crippen molar-refractivity contribution in [3.8, 4) is 0 Å². The molecule has 0 radical (unpaired) electrons. The van der Waals surface area contributed by atoms with Crippen LogP contribution in [0.4, 0.5) is 11.4 Å². The molecule has 7 nitrogen and oxygen atoms in total. The molecule has 0 heterocycles. The lowest BCUT2D eigenvalue weighted by molar-refractivity contribution is -0.124. The highest BCUT2D eigenvalue weighted by molar-refractivity contribution is 5.93. The van der Waals surface area contributed by atoms with Crippen LogP contribution in [0.25, 0.3) is 0 Å². The Balaban J connectivity index is 1.83. The third-order valence-electron chi connectivity index (χ3n) is 4.94. The van der Waals surface area contributed by atoms with E-state index < -0.39 is 0 Å². The number of rotatable bonds is 10. The van der Waals surface area contributed by atoms with Crippen LogP contribution in [0.1, 0.15) is 44.9 Å². The van der Waals surface area contributed by atoms with Gasteiger partial charge in [-0.15, -0.1) is 0 Å². The van der Waals surface area contributed by atoms with Gasteiger partial charge in [0.1, 0.15) is 0 Å². The van der Waals surface area contributed by atoms with E-state index in [4.69, 9.17) is 0 Å². The SMILES string of the molecule is CCc1ccc([C@@H](C)NC(=O)CN(CC)CC(=O)Nc2ccc(NC(C)=O)cc2)cc1. The van der Waals surface area contributed by atoms with Crippen LogP contribution in [0, 0.1) is 0 Å². The fourth-order valence-corrected chi connectivity index (χ4v) is 3.14. The van der Waals surface area contributed by atoms with Crippen molar-refractivity contribution in [2.75, 3.05) is 30.3 Å². The predicted octanol–water partition coefficient (Wildman–Crippen LogP) is 3.35. The first-order chi connectivity index (χ1) is 14.8. The van der Waals surface area contributed by atoms with Gasteiger partial charge in [0, 0.05) is 18.3 Å². The van der Waals surface area contributed by atoms with Crippen LogP contribution in [0.3, 0.4) is 0 Å².